The Morgan fingerprint density at radius 3 is 3.07 bits per heavy atom. The van der Waals surface area contributed by atoms with Gasteiger partial charge in [0.1, 0.15) is 23.4 Å². The van der Waals surface area contributed by atoms with Crippen molar-refractivity contribution < 1.29 is 9.53 Å². The lowest BCUT2D eigenvalue weighted by Crippen LogP contribution is -2.46. The molecule has 0 radical (unpaired) electrons. The van der Waals surface area contributed by atoms with Crippen molar-refractivity contribution in [2.75, 3.05) is 6.54 Å². The molecule has 0 aliphatic carbocycles. The monoisotopic (exact) mass is 400 g/mol. The SMILES string of the molecule is N#Cc1cccnc1Oc1ccc2[nH]cc(CC(N)C(=O)N3CCCC3C#N)c2c1. The van der Waals surface area contributed by atoms with Crippen LogP contribution in [0.15, 0.2) is 42.7 Å². The number of nitrogens with zero attached hydrogens (tertiary/aromatic N) is 4. The lowest BCUT2D eigenvalue weighted by molar-refractivity contribution is -0.132. The molecule has 0 bridgehead atoms. The Bertz CT molecular complexity index is 1170. The summed E-state index contributed by atoms with van der Waals surface area (Å²) in [6.07, 6.45) is 5.25. The number of carbonyl (C=O) groups excluding carboxylic acids is 1. The summed E-state index contributed by atoms with van der Waals surface area (Å²) in [7, 11) is 0. The zero-order valence-electron chi connectivity index (χ0n) is 16.2. The van der Waals surface area contributed by atoms with E-state index in [0.29, 0.717) is 30.7 Å². The van der Waals surface area contributed by atoms with E-state index in [1.807, 2.05) is 18.3 Å². The van der Waals surface area contributed by atoms with Crippen molar-refractivity contribution in [1.29, 1.82) is 10.5 Å². The molecule has 1 saturated heterocycles. The first-order valence-corrected chi connectivity index (χ1v) is 9.69. The Hall–Kier alpha value is -3.88. The van der Waals surface area contributed by atoms with Crippen molar-refractivity contribution >= 4 is 16.8 Å². The van der Waals surface area contributed by atoms with Gasteiger partial charge in [0.2, 0.25) is 11.8 Å². The molecule has 3 heterocycles. The van der Waals surface area contributed by atoms with E-state index in [-0.39, 0.29) is 17.8 Å². The molecule has 8 nitrogen and oxygen atoms in total. The number of nitriles is 2. The fraction of sp³-hybridized carbons (Fsp3) is 0.273. The number of likely N-dealkylation sites (tertiary alicyclic amines) is 1. The molecular weight excluding hydrogens is 380 g/mol. The van der Waals surface area contributed by atoms with Gasteiger partial charge in [-0.2, -0.15) is 10.5 Å². The Labute approximate surface area is 173 Å². The first-order chi connectivity index (χ1) is 14.6. The minimum atomic E-state index is -0.733. The third-order valence-electron chi connectivity index (χ3n) is 5.29. The second-order valence-electron chi connectivity index (χ2n) is 7.22. The number of hydrogen-bond acceptors (Lipinski definition) is 6. The average molecular weight is 400 g/mol. The number of rotatable bonds is 5. The van der Waals surface area contributed by atoms with Crippen LogP contribution in [-0.4, -0.2) is 39.4 Å². The van der Waals surface area contributed by atoms with Crippen LogP contribution in [0.3, 0.4) is 0 Å². The van der Waals surface area contributed by atoms with E-state index in [0.717, 1.165) is 22.9 Å². The summed E-state index contributed by atoms with van der Waals surface area (Å²) in [6.45, 7) is 0.571. The predicted octanol–water partition coefficient (Wildman–Crippen LogP) is 2.61. The maximum Gasteiger partial charge on any atom is 0.240 e. The molecule has 150 valence electrons. The molecule has 1 aliphatic rings. The highest BCUT2D eigenvalue weighted by molar-refractivity contribution is 5.87. The maximum atomic E-state index is 12.7. The van der Waals surface area contributed by atoms with Crippen LogP contribution in [0.5, 0.6) is 11.6 Å². The van der Waals surface area contributed by atoms with Gasteiger partial charge in [-0.3, -0.25) is 4.79 Å². The Kier molecular flexibility index (Phi) is 5.34. The van der Waals surface area contributed by atoms with Crippen LogP contribution in [0.25, 0.3) is 10.9 Å². The Balaban J connectivity index is 1.55. The van der Waals surface area contributed by atoms with Crippen LogP contribution in [0.2, 0.25) is 0 Å². The molecular formula is C22H20N6O2. The molecule has 2 atom stereocenters. The van der Waals surface area contributed by atoms with Gasteiger partial charge in [0.25, 0.3) is 0 Å². The molecule has 1 fully saturated rings. The van der Waals surface area contributed by atoms with E-state index in [9.17, 15) is 15.3 Å². The second-order valence-corrected chi connectivity index (χ2v) is 7.22. The van der Waals surface area contributed by atoms with Gasteiger partial charge < -0.3 is 20.4 Å². The number of benzene rings is 1. The van der Waals surface area contributed by atoms with E-state index < -0.39 is 6.04 Å². The lowest BCUT2D eigenvalue weighted by Gasteiger charge is -2.23. The molecule has 1 aromatic carbocycles. The highest BCUT2D eigenvalue weighted by Crippen LogP contribution is 2.29. The summed E-state index contributed by atoms with van der Waals surface area (Å²) in [4.78, 5) is 21.6. The predicted molar refractivity (Wildman–Crippen MR) is 109 cm³/mol. The fourth-order valence-corrected chi connectivity index (χ4v) is 3.76. The molecule has 2 unspecified atom stereocenters. The van der Waals surface area contributed by atoms with E-state index in [2.05, 4.69) is 22.1 Å². The molecule has 1 aliphatic heterocycles. The quantitative estimate of drug-likeness (QED) is 0.676. The van der Waals surface area contributed by atoms with E-state index >= 15 is 0 Å². The van der Waals surface area contributed by atoms with Crippen molar-refractivity contribution in [1.82, 2.24) is 14.9 Å². The normalized spacial score (nSPS) is 16.8. The first kappa shape index (κ1) is 19.4. The van der Waals surface area contributed by atoms with Gasteiger partial charge >= 0.3 is 0 Å². The summed E-state index contributed by atoms with van der Waals surface area (Å²) >= 11 is 0. The maximum absolute atomic E-state index is 12.7. The third-order valence-corrected chi connectivity index (χ3v) is 5.29. The fourth-order valence-electron chi connectivity index (χ4n) is 3.76. The molecule has 0 spiro atoms. The van der Waals surface area contributed by atoms with Crippen LogP contribution in [0.4, 0.5) is 0 Å². The van der Waals surface area contributed by atoms with Crippen LogP contribution in [-0.2, 0) is 11.2 Å². The number of hydrogen-bond donors (Lipinski definition) is 2. The lowest BCUT2D eigenvalue weighted by atomic mass is 10.0. The molecule has 2 aromatic heterocycles. The molecule has 0 saturated carbocycles. The average Bonchev–Trinajstić information content (AvgIpc) is 3.40. The highest BCUT2D eigenvalue weighted by atomic mass is 16.5. The molecule has 3 aromatic rings. The van der Waals surface area contributed by atoms with Crippen molar-refractivity contribution in [3.05, 3.63) is 53.9 Å². The van der Waals surface area contributed by atoms with Gasteiger partial charge in [-0.1, -0.05) is 0 Å². The van der Waals surface area contributed by atoms with Gasteiger partial charge in [-0.25, -0.2) is 4.98 Å². The Morgan fingerprint density at radius 2 is 2.27 bits per heavy atom. The molecule has 3 N–H and O–H groups in total. The van der Waals surface area contributed by atoms with Crippen molar-refractivity contribution in [2.24, 2.45) is 5.73 Å². The van der Waals surface area contributed by atoms with Gasteiger partial charge in [0.15, 0.2) is 0 Å². The molecule has 1 amide bonds. The van der Waals surface area contributed by atoms with Gasteiger partial charge in [-0.05, 0) is 55.2 Å². The van der Waals surface area contributed by atoms with Crippen LogP contribution < -0.4 is 10.5 Å². The summed E-state index contributed by atoms with van der Waals surface area (Å²) in [5, 5.41) is 19.3. The zero-order valence-corrected chi connectivity index (χ0v) is 16.2. The van der Waals surface area contributed by atoms with Crippen molar-refractivity contribution in [3.8, 4) is 23.8 Å². The van der Waals surface area contributed by atoms with E-state index in [1.165, 1.54) is 0 Å². The number of pyridine rings is 1. The number of carbonyl (C=O) groups is 1. The number of ether oxygens (including phenoxy) is 1. The number of nitrogens with one attached hydrogen (secondary N) is 1. The second kappa shape index (κ2) is 8.24. The Morgan fingerprint density at radius 1 is 1.40 bits per heavy atom. The number of nitrogens with two attached hydrogens (primary N) is 1. The molecule has 8 heteroatoms. The number of fused-ring (bicyclic) bond motifs is 1. The first-order valence-electron chi connectivity index (χ1n) is 9.69. The summed E-state index contributed by atoms with van der Waals surface area (Å²) in [5.41, 5.74) is 8.31. The van der Waals surface area contributed by atoms with Crippen molar-refractivity contribution in [2.45, 2.75) is 31.3 Å². The summed E-state index contributed by atoms with van der Waals surface area (Å²) in [5.74, 6) is 0.565. The van der Waals surface area contributed by atoms with Crippen molar-refractivity contribution in [3.63, 3.8) is 0 Å². The van der Waals surface area contributed by atoms with E-state index in [1.54, 1.807) is 29.3 Å². The summed E-state index contributed by atoms with van der Waals surface area (Å²) in [6, 6.07) is 11.9. The largest absolute Gasteiger partial charge is 0.438 e. The van der Waals surface area contributed by atoms with Crippen LogP contribution >= 0.6 is 0 Å². The minimum Gasteiger partial charge on any atom is -0.438 e. The number of H-pyrrole nitrogens is 1. The number of amides is 1. The van der Waals surface area contributed by atoms with Crippen LogP contribution in [0, 0.1) is 22.7 Å². The minimum absolute atomic E-state index is 0.201. The standard InChI is InChI=1S/C22H20N6O2/c23-11-14-3-1-7-26-21(14)30-17-5-6-20-18(10-17)15(13-27-20)9-19(25)22(29)28-8-2-4-16(28)12-24/h1,3,5-7,10,13,16,19,27H,2,4,8-9,25H2. The topological polar surface area (TPSA) is 132 Å². The summed E-state index contributed by atoms with van der Waals surface area (Å²) < 4.78 is 5.81. The van der Waals surface area contributed by atoms with Gasteiger partial charge in [0.05, 0.1) is 12.1 Å². The highest BCUT2D eigenvalue weighted by Gasteiger charge is 2.31. The van der Waals surface area contributed by atoms with E-state index in [4.69, 9.17) is 10.5 Å². The zero-order chi connectivity index (χ0) is 21.1. The van der Waals surface area contributed by atoms with Crippen LogP contribution in [0.1, 0.15) is 24.0 Å². The number of aromatic nitrogens is 2. The van der Waals surface area contributed by atoms with Gasteiger partial charge in [-0.15, -0.1) is 0 Å². The molecule has 4 rings (SSSR count). The third kappa shape index (κ3) is 3.69. The number of aromatic amines is 1. The van der Waals surface area contributed by atoms with Gasteiger partial charge in [0, 0.05) is 29.8 Å². The smallest absolute Gasteiger partial charge is 0.240 e. The molecule has 30 heavy (non-hydrogen) atoms.